The van der Waals surface area contributed by atoms with Gasteiger partial charge in [-0.2, -0.15) is 5.26 Å². The minimum absolute atomic E-state index is 0.236. The Hall–Kier alpha value is -0.550. The fourth-order valence-corrected chi connectivity index (χ4v) is 2.37. The Labute approximate surface area is 80.5 Å². The van der Waals surface area contributed by atoms with Gasteiger partial charge in [-0.05, 0) is 38.3 Å². The molecule has 2 aliphatic rings. The molecule has 72 valence electrons. The maximum atomic E-state index is 8.88. The van der Waals surface area contributed by atoms with Gasteiger partial charge in [-0.1, -0.05) is 19.3 Å². The number of hydrogen-bond donors (Lipinski definition) is 0. The summed E-state index contributed by atoms with van der Waals surface area (Å²) in [5, 5.41) is 8.88. The van der Waals surface area contributed by atoms with Crippen molar-refractivity contribution >= 4 is 0 Å². The van der Waals surface area contributed by atoms with Crippen molar-refractivity contribution in [2.45, 2.75) is 44.6 Å². The van der Waals surface area contributed by atoms with E-state index in [1.165, 1.54) is 38.6 Å². The van der Waals surface area contributed by atoms with Crippen LogP contribution in [0.5, 0.6) is 0 Å². The van der Waals surface area contributed by atoms with E-state index in [-0.39, 0.29) is 6.04 Å². The number of nitriles is 1. The van der Waals surface area contributed by atoms with Crippen molar-refractivity contribution in [2.75, 3.05) is 13.1 Å². The maximum Gasteiger partial charge on any atom is 0.0978 e. The van der Waals surface area contributed by atoms with E-state index >= 15 is 0 Å². The minimum Gasteiger partial charge on any atom is -0.288 e. The summed E-state index contributed by atoms with van der Waals surface area (Å²) >= 11 is 0. The van der Waals surface area contributed by atoms with Gasteiger partial charge in [0.25, 0.3) is 0 Å². The first kappa shape index (κ1) is 9.02. The molecular formula is C11H18N2. The number of rotatable bonds is 3. The van der Waals surface area contributed by atoms with Crippen molar-refractivity contribution in [1.82, 2.24) is 4.90 Å². The van der Waals surface area contributed by atoms with Gasteiger partial charge in [-0.25, -0.2) is 0 Å². The van der Waals surface area contributed by atoms with Gasteiger partial charge in [-0.15, -0.1) is 0 Å². The van der Waals surface area contributed by atoms with Crippen LogP contribution < -0.4 is 0 Å². The van der Waals surface area contributed by atoms with E-state index in [0.29, 0.717) is 0 Å². The molecule has 1 aliphatic heterocycles. The standard InChI is InChI=1S/C11H18N2/c12-9-11-5-2-7-13(11)8-6-10-3-1-4-10/h10-11H,1-8H2. The Balaban J connectivity index is 1.71. The quantitative estimate of drug-likeness (QED) is 0.662. The molecule has 0 radical (unpaired) electrons. The average Bonchev–Trinajstić information content (AvgIpc) is 2.49. The van der Waals surface area contributed by atoms with Gasteiger partial charge < -0.3 is 0 Å². The molecule has 13 heavy (non-hydrogen) atoms. The zero-order valence-electron chi connectivity index (χ0n) is 8.21. The molecule has 1 atom stereocenters. The van der Waals surface area contributed by atoms with Crippen LogP contribution in [-0.2, 0) is 0 Å². The van der Waals surface area contributed by atoms with E-state index in [1.807, 2.05) is 0 Å². The normalized spacial score (nSPS) is 29.9. The Morgan fingerprint density at radius 2 is 2.08 bits per heavy atom. The van der Waals surface area contributed by atoms with Gasteiger partial charge in [-0.3, -0.25) is 4.90 Å². The molecule has 1 saturated heterocycles. The molecule has 0 aromatic rings. The van der Waals surface area contributed by atoms with E-state index < -0.39 is 0 Å². The Morgan fingerprint density at radius 3 is 2.69 bits per heavy atom. The summed E-state index contributed by atoms with van der Waals surface area (Å²) in [6.07, 6.45) is 7.96. The number of hydrogen-bond acceptors (Lipinski definition) is 2. The highest BCUT2D eigenvalue weighted by atomic mass is 15.2. The summed E-state index contributed by atoms with van der Waals surface area (Å²) in [6.45, 7) is 2.33. The molecule has 2 fully saturated rings. The van der Waals surface area contributed by atoms with E-state index in [9.17, 15) is 0 Å². The SMILES string of the molecule is N#CC1CCCN1CCC1CCC1. The first-order valence-corrected chi connectivity index (χ1v) is 5.54. The van der Waals surface area contributed by atoms with Gasteiger partial charge in [0.2, 0.25) is 0 Å². The third-order valence-corrected chi connectivity index (χ3v) is 3.56. The highest BCUT2D eigenvalue weighted by Gasteiger charge is 2.25. The van der Waals surface area contributed by atoms with Crippen molar-refractivity contribution < 1.29 is 0 Å². The highest BCUT2D eigenvalue weighted by molar-refractivity contribution is 4.95. The van der Waals surface area contributed by atoms with Crippen LogP contribution in [0, 0.1) is 17.2 Å². The molecule has 2 heteroatoms. The molecular weight excluding hydrogens is 160 g/mol. The molecule has 2 rings (SSSR count). The lowest BCUT2D eigenvalue weighted by atomic mass is 9.83. The predicted molar refractivity (Wildman–Crippen MR) is 52.2 cm³/mol. The molecule has 0 N–H and O–H groups in total. The molecule has 1 aliphatic carbocycles. The second kappa shape index (κ2) is 4.11. The third kappa shape index (κ3) is 2.03. The molecule has 1 heterocycles. The highest BCUT2D eigenvalue weighted by Crippen LogP contribution is 2.30. The molecule has 0 bridgehead atoms. The first-order chi connectivity index (χ1) is 6.40. The van der Waals surface area contributed by atoms with Crippen molar-refractivity contribution in [2.24, 2.45) is 5.92 Å². The van der Waals surface area contributed by atoms with Crippen LogP contribution in [0.4, 0.5) is 0 Å². The molecule has 0 aromatic carbocycles. The van der Waals surface area contributed by atoms with Crippen LogP contribution in [0.3, 0.4) is 0 Å². The van der Waals surface area contributed by atoms with Gasteiger partial charge >= 0.3 is 0 Å². The lowest BCUT2D eigenvalue weighted by molar-refractivity contribution is 0.222. The lowest BCUT2D eigenvalue weighted by Gasteiger charge is -2.28. The van der Waals surface area contributed by atoms with Crippen LogP contribution in [0.15, 0.2) is 0 Å². The van der Waals surface area contributed by atoms with Gasteiger partial charge in [0.15, 0.2) is 0 Å². The fraction of sp³-hybridized carbons (Fsp3) is 0.909. The van der Waals surface area contributed by atoms with E-state index in [4.69, 9.17) is 5.26 Å². The summed E-state index contributed by atoms with van der Waals surface area (Å²) in [5.74, 6) is 0.986. The minimum atomic E-state index is 0.236. The smallest absolute Gasteiger partial charge is 0.0978 e. The van der Waals surface area contributed by atoms with Gasteiger partial charge in [0.1, 0.15) is 0 Å². The second-order valence-electron chi connectivity index (χ2n) is 4.41. The molecule has 0 amide bonds. The van der Waals surface area contributed by atoms with Crippen molar-refractivity contribution in [1.29, 1.82) is 5.26 Å². The van der Waals surface area contributed by atoms with Crippen molar-refractivity contribution in [3.05, 3.63) is 0 Å². The molecule has 0 spiro atoms. The zero-order valence-corrected chi connectivity index (χ0v) is 8.21. The molecule has 1 unspecified atom stereocenters. The number of nitrogens with zero attached hydrogens (tertiary/aromatic N) is 2. The molecule has 0 aromatic heterocycles. The fourth-order valence-electron chi connectivity index (χ4n) is 2.37. The van der Waals surface area contributed by atoms with E-state index in [0.717, 1.165) is 18.9 Å². The second-order valence-corrected chi connectivity index (χ2v) is 4.41. The van der Waals surface area contributed by atoms with Crippen LogP contribution in [-0.4, -0.2) is 24.0 Å². The Kier molecular flexibility index (Phi) is 2.85. The summed E-state index contributed by atoms with van der Waals surface area (Å²) in [4.78, 5) is 2.37. The van der Waals surface area contributed by atoms with Crippen LogP contribution in [0.2, 0.25) is 0 Å². The summed E-state index contributed by atoms with van der Waals surface area (Å²) in [7, 11) is 0. The topological polar surface area (TPSA) is 27.0 Å². The van der Waals surface area contributed by atoms with Crippen LogP contribution in [0.25, 0.3) is 0 Å². The summed E-state index contributed by atoms with van der Waals surface area (Å²) < 4.78 is 0. The van der Waals surface area contributed by atoms with E-state index in [1.54, 1.807) is 0 Å². The van der Waals surface area contributed by atoms with Crippen LogP contribution in [0.1, 0.15) is 38.5 Å². The maximum absolute atomic E-state index is 8.88. The predicted octanol–water partition coefficient (Wildman–Crippen LogP) is 2.16. The van der Waals surface area contributed by atoms with Gasteiger partial charge in [0.05, 0.1) is 12.1 Å². The Morgan fingerprint density at radius 1 is 1.23 bits per heavy atom. The van der Waals surface area contributed by atoms with Gasteiger partial charge in [0, 0.05) is 0 Å². The Bertz CT molecular complexity index is 203. The number of likely N-dealkylation sites (tertiary alicyclic amines) is 1. The largest absolute Gasteiger partial charge is 0.288 e. The molecule has 2 nitrogen and oxygen atoms in total. The third-order valence-electron chi connectivity index (χ3n) is 3.56. The summed E-state index contributed by atoms with van der Waals surface area (Å²) in [6, 6.07) is 2.64. The average molecular weight is 178 g/mol. The van der Waals surface area contributed by atoms with E-state index in [2.05, 4.69) is 11.0 Å². The first-order valence-electron chi connectivity index (χ1n) is 5.54. The van der Waals surface area contributed by atoms with Crippen LogP contribution >= 0.6 is 0 Å². The molecule has 1 saturated carbocycles. The lowest BCUT2D eigenvalue weighted by Crippen LogP contribution is -2.31. The summed E-state index contributed by atoms with van der Waals surface area (Å²) in [5.41, 5.74) is 0. The zero-order chi connectivity index (χ0) is 9.10. The monoisotopic (exact) mass is 178 g/mol. The van der Waals surface area contributed by atoms with Crippen molar-refractivity contribution in [3.63, 3.8) is 0 Å². The van der Waals surface area contributed by atoms with Crippen molar-refractivity contribution in [3.8, 4) is 6.07 Å².